The van der Waals surface area contributed by atoms with Gasteiger partial charge in [0.1, 0.15) is 15.7 Å². The summed E-state index contributed by atoms with van der Waals surface area (Å²) in [5.74, 6) is -0.0625. The van der Waals surface area contributed by atoms with E-state index >= 15 is 0 Å². The van der Waals surface area contributed by atoms with E-state index < -0.39 is 9.84 Å². The fourth-order valence-electron chi connectivity index (χ4n) is 1.95. The minimum atomic E-state index is -2.92. The maximum atomic E-state index is 12.9. The first-order valence-electron chi connectivity index (χ1n) is 6.59. The van der Waals surface area contributed by atoms with Crippen molar-refractivity contribution in [1.29, 1.82) is 0 Å². The van der Waals surface area contributed by atoms with Gasteiger partial charge in [0, 0.05) is 18.1 Å². The molecule has 1 unspecified atom stereocenters. The number of rotatable bonds is 8. The van der Waals surface area contributed by atoms with Crippen LogP contribution in [0.5, 0.6) is 0 Å². The zero-order chi connectivity index (χ0) is 14.3. The molecule has 0 fully saturated rings. The summed E-state index contributed by atoms with van der Waals surface area (Å²) < 4.78 is 35.2. The molecule has 1 atom stereocenters. The third-order valence-corrected chi connectivity index (χ3v) is 3.95. The molecule has 108 valence electrons. The van der Waals surface area contributed by atoms with E-state index in [4.69, 9.17) is 0 Å². The smallest absolute Gasteiger partial charge is 0.147 e. The van der Waals surface area contributed by atoms with E-state index in [1.807, 2.05) is 0 Å². The molecule has 0 aromatic heterocycles. The molecule has 0 saturated heterocycles. The minimum Gasteiger partial charge on any atom is -0.310 e. The van der Waals surface area contributed by atoms with Gasteiger partial charge in [-0.1, -0.05) is 19.1 Å². The molecule has 1 rings (SSSR count). The number of hydrogen-bond acceptors (Lipinski definition) is 3. The van der Waals surface area contributed by atoms with E-state index in [-0.39, 0.29) is 17.6 Å². The standard InChI is InChI=1S/C14H22FNO2S/c1-3-10-16-14(5-4-11-19(2,17)18)12-6-8-13(15)9-7-12/h6-9,14,16H,3-5,10-11H2,1-2H3. The molecule has 0 aliphatic heterocycles. The van der Waals surface area contributed by atoms with Crippen LogP contribution < -0.4 is 5.32 Å². The molecule has 0 spiro atoms. The quantitative estimate of drug-likeness (QED) is 0.799. The zero-order valence-corrected chi connectivity index (χ0v) is 12.3. The summed E-state index contributed by atoms with van der Waals surface area (Å²) in [5, 5.41) is 3.37. The van der Waals surface area contributed by atoms with Crippen LogP contribution in [0.4, 0.5) is 4.39 Å². The van der Waals surface area contributed by atoms with Gasteiger partial charge in [0.05, 0.1) is 0 Å². The molecule has 0 radical (unpaired) electrons. The lowest BCUT2D eigenvalue weighted by molar-refractivity contribution is 0.491. The Morgan fingerprint density at radius 2 is 1.89 bits per heavy atom. The van der Waals surface area contributed by atoms with Gasteiger partial charge in [0.25, 0.3) is 0 Å². The number of hydrogen-bond donors (Lipinski definition) is 1. The molecular formula is C14H22FNO2S. The van der Waals surface area contributed by atoms with Crippen molar-refractivity contribution in [3.05, 3.63) is 35.6 Å². The van der Waals surface area contributed by atoms with Crippen LogP contribution in [0.1, 0.15) is 37.8 Å². The van der Waals surface area contributed by atoms with E-state index in [0.717, 1.165) is 24.9 Å². The van der Waals surface area contributed by atoms with Crippen LogP contribution in [0.25, 0.3) is 0 Å². The molecule has 5 heteroatoms. The third-order valence-electron chi connectivity index (χ3n) is 2.92. The van der Waals surface area contributed by atoms with Crippen LogP contribution in [0.15, 0.2) is 24.3 Å². The maximum Gasteiger partial charge on any atom is 0.147 e. The van der Waals surface area contributed by atoms with E-state index in [2.05, 4.69) is 12.2 Å². The molecule has 0 bridgehead atoms. The second-order valence-electron chi connectivity index (χ2n) is 4.83. The number of nitrogens with one attached hydrogen (secondary N) is 1. The summed E-state index contributed by atoms with van der Waals surface area (Å²) in [6, 6.07) is 6.47. The largest absolute Gasteiger partial charge is 0.310 e. The predicted molar refractivity (Wildman–Crippen MR) is 76.4 cm³/mol. The van der Waals surface area contributed by atoms with Gasteiger partial charge in [-0.15, -0.1) is 0 Å². The highest BCUT2D eigenvalue weighted by Crippen LogP contribution is 2.19. The van der Waals surface area contributed by atoms with Crippen molar-refractivity contribution < 1.29 is 12.8 Å². The average molecular weight is 287 g/mol. The van der Waals surface area contributed by atoms with E-state index in [0.29, 0.717) is 6.42 Å². The first-order valence-corrected chi connectivity index (χ1v) is 8.65. The summed E-state index contributed by atoms with van der Waals surface area (Å²) in [6.07, 6.45) is 3.60. The molecule has 0 heterocycles. The predicted octanol–water partition coefficient (Wildman–Crippen LogP) is 2.69. The van der Waals surface area contributed by atoms with Crippen molar-refractivity contribution >= 4 is 9.84 Å². The van der Waals surface area contributed by atoms with E-state index in [1.165, 1.54) is 18.4 Å². The van der Waals surface area contributed by atoms with E-state index in [9.17, 15) is 12.8 Å². The van der Waals surface area contributed by atoms with Crippen molar-refractivity contribution in [2.45, 2.75) is 32.2 Å². The van der Waals surface area contributed by atoms with Gasteiger partial charge in [-0.05, 0) is 43.5 Å². The highest BCUT2D eigenvalue weighted by Gasteiger charge is 2.12. The van der Waals surface area contributed by atoms with Gasteiger partial charge in [0.2, 0.25) is 0 Å². The highest BCUT2D eigenvalue weighted by atomic mass is 32.2. The lowest BCUT2D eigenvalue weighted by Gasteiger charge is -2.18. The molecule has 3 nitrogen and oxygen atoms in total. The van der Waals surface area contributed by atoms with Crippen LogP contribution in [0.3, 0.4) is 0 Å². The maximum absolute atomic E-state index is 12.9. The first kappa shape index (κ1) is 16.1. The Labute approximate surface area is 115 Å². The lowest BCUT2D eigenvalue weighted by Crippen LogP contribution is -2.22. The van der Waals surface area contributed by atoms with Gasteiger partial charge in [0.15, 0.2) is 0 Å². The van der Waals surface area contributed by atoms with Crippen molar-refractivity contribution in [3.63, 3.8) is 0 Å². The third kappa shape index (κ3) is 6.68. The fourth-order valence-corrected chi connectivity index (χ4v) is 2.64. The van der Waals surface area contributed by atoms with Crippen LogP contribution in [-0.2, 0) is 9.84 Å². The van der Waals surface area contributed by atoms with Gasteiger partial charge < -0.3 is 5.32 Å². The summed E-state index contributed by atoms with van der Waals surface area (Å²) in [5.41, 5.74) is 1.00. The second-order valence-corrected chi connectivity index (χ2v) is 7.09. The van der Waals surface area contributed by atoms with Crippen LogP contribution in [0, 0.1) is 5.82 Å². The Balaban J connectivity index is 2.63. The highest BCUT2D eigenvalue weighted by molar-refractivity contribution is 7.90. The van der Waals surface area contributed by atoms with Crippen LogP contribution in [0.2, 0.25) is 0 Å². The Morgan fingerprint density at radius 3 is 2.42 bits per heavy atom. The number of benzene rings is 1. The number of halogens is 1. The monoisotopic (exact) mass is 287 g/mol. The van der Waals surface area contributed by atoms with Crippen LogP contribution >= 0.6 is 0 Å². The lowest BCUT2D eigenvalue weighted by atomic mass is 10.0. The molecule has 0 aliphatic rings. The average Bonchev–Trinajstić information content (AvgIpc) is 2.33. The van der Waals surface area contributed by atoms with E-state index in [1.54, 1.807) is 12.1 Å². The van der Waals surface area contributed by atoms with Crippen LogP contribution in [-0.4, -0.2) is 27.0 Å². The zero-order valence-electron chi connectivity index (χ0n) is 11.5. The Morgan fingerprint density at radius 1 is 1.26 bits per heavy atom. The molecular weight excluding hydrogens is 265 g/mol. The second kappa shape index (κ2) is 7.60. The van der Waals surface area contributed by atoms with Crippen molar-refractivity contribution in [2.75, 3.05) is 18.6 Å². The Bertz CT molecular complexity index is 471. The molecule has 0 saturated carbocycles. The Hall–Kier alpha value is -0.940. The molecule has 1 N–H and O–H groups in total. The molecule has 0 aliphatic carbocycles. The van der Waals surface area contributed by atoms with Gasteiger partial charge in [-0.3, -0.25) is 0 Å². The minimum absolute atomic E-state index is 0.0855. The first-order chi connectivity index (χ1) is 8.92. The fraction of sp³-hybridized carbons (Fsp3) is 0.571. The van der Waals surface area contributed by atoms with Crippen molar-refractivity contribution in [2.24, 2.45) is 0 Å². The van der Waals surface area contributed by atoms with Crippen molar-refractivity contribution in [1.82, 2.24) is 5.32 Å². The summed E-state index contributed by atoms with van der Waals surface area (Å²) in [4.78, 5) is 0. The summed E-state index contributed by atoms with van der Waals surface area (Å²) in [7, 11) is -2.92. The molecule has 19 heavy (non-hydrogen) atoms. The van der Waals surface area contributed by atoms with Gasteiger partial charge >= 0.3 is 0 Å². The molecule has 0 amide bonds. The normalized spacial score (nSPS) is 13.4. The van der Waals surface area contributed by atoms with Crippen molar-refractivity contribution in [3.8, 4) is 0 Å². The topological polar surface area (TPSA) is 46.2 Å². The SMILES string of the molecule is CCCNC(CCCS(C)(=O)=O)c1ccc(F)cc1. The van der Waals surface area contributed by atoms with Gasteiger partial charge in [-0.2, -0.15) is 0 Å². The summed E-state index contributed by atoms with van der Waals surface area (Å²) in [6.45, 7) is 2.94. The number of sulfone groups is 1. The van der Waals surface area contributed by atoms with Gasteiger partial charge in [-0.25, -0.2) is 12.8 Å². The Kier molecular flexibility index (Phi) is 6.45. The molecule has 1 aromatic carbocycles. The molecule has 1 aromatic rings. The summed E-state index contributed by atoms with van der Waals surface area (Å²) >= 11 is 0.